The standard InChI is InChI=1S/C11H21NO4/c1-3-8-16-9-6-10(13)12(4-2)7-5-11(14)15/h3-9H2,1-2H3,(H,14,15). The van der Waals surface area contributed by atoms with Crippen molar-refractivity contribution < 1.29 is 19.4 Å². The number of nitrogens with zero attached hydrogens (tertiary/aromatic N) is 1. The first-order chi connectivity index (χ1) is 7.61. The van der Waals surface area contributed by atoms with Gasteiger partial charge in [0.1, 0.15) is 0 Å². The number of carbonyl (C=O) groups excluding carboxylic acids is 1. The summed E-state index contributed by atoms with van der Waals surface area (Å²) in [6.07, 6.45) is 1.26. The molecule has 0 heterocycles. The molecule has 0 spiro atoms. The van der Waals surface area contributed by atoms with E-state index in [9.17, 15) is 9.59 Å². The van der Waals surface area contributed by atoms with Gasteiger partial charge in [0.15, 0.2) is 0 Å². The molecular weight excluding hydrogens is 210 g/mol. The molecule has 0 aromatic rings. The van der Waals surface area contributed by atoms with Crippen LogP contribution in [0.3, 0.4) is 0 Å². The van der Waals surface area contributed by atoms with Crippen LogP contribution in [0.4, 0.5) is 0 Å². The van der Waals surface area contributed by atoms with Gasteiger partial charge in [-0.3, -0.25) is 9.59 Å². The van der Waals surface area contributed by atoms with Crippen molar-refractivity contribution in [2.45, 2.75) is 33.1 Å². The Morgan fingerprint density at radius 2 is 1.88 bits per heavy atom. The highest BCUT2D eigenvalue weighted by atomic mass is 16.5. The summed E-state index contributed by atoms with van der Waals surface area (Å²) in [5.41, 5.74) is 0. The van der Waals surface area contributed by atoms with Crippen LogP contribution in [0, 0.1) is 0 Å². The summed E-state index contributed by atoms with van der Waals surface area (Å²) in [6.45, 7) is 5.74. The number of hydrogen-bond donors (Lipinski definition) is 1. The first-order valence-corrected chi connectivity index (χ1v) is 5.69. The van der Waals surface area contributed by atoms with E-state index in [0.29, 0.717) is 26.2 Å². The lowest BCUT2D eigenvalue weighted by molar-refractivity contribution is -0.138. The number of aliphatic carboxylic acids is 1. The highest BCUT2D eigenvalue weighted by Gasteiger charge is 2.12. The molecule has 5 nitrogen and oxygen atoms in total. The summed E-state index contributed by atoms with van der Waals surface area (Å²) < 4.78 is 5.21. The normalized spacial score (nSPS) is 10.1. The van der Waals surface area contributed by atoms with Crippen molar-refractivity contribution in [3.8, 4) is 0 Å². The van der Waals surface area contributed by atoms with Crippen LogP contribution in [-0.2, 0) is 14.3 Å². The molecule has 0 saturated heterocycles. The fraction of sp³-hybridized carbons (Fsp3) is 0.818. The summed E-state index contributed by atoms with van der Waals surface area (Å²) in [7, 11) is 0. The molecule has 0 aromatic heterocycles. The smallest absolute Gasteiger partial charge is 0.305 e. The summed E-state index contributed by atoms with van der Waals surface area (Å²) >= 11 is 0. The zero-order chi connectivity index (χ0) is 12.4. The van der Waals surface area contributed by atoms with Crippen LogP contribution in [0.25, 0.3) is 0 Å². The molecule has 0 aliphatic heterocycles. The van der Waals surface area contributed by atoms with Crippen molar-refractivity contribution in [1.82, 2.24) is 4.90 Å². The minimum atomic E-state index is -0.881. The molecule has 0 aliphatic carbocycles. The van der Waals surface area contributed by atoms with Gasteiger partial charge in [-0.05, 0) is 13.3 Å². The van der Waals surface area contributed by atoms with E-state index in [-0.39, 0.29) is 18.9 Å². The zero-order valence-electron chi connectivity index (χ0n) is 10.1. The molecule has 0 saturated carbocycles. The lowest BCUT2D eigenvalue weighted by atomic mass is 10.3. The maximum atomic E-state index is 11.6. The Balaban J connectivity index is 3.77. The highest BCUT2D eigenvalue weighted by molar-refractivity contribution is 5.77. The van der Waals surface area contributed by atoms with E-state index >= 15 is 0 Å². The number of carbonyl (C=O) groups is 2. The number of ether oxygens (including phenoxy) is 1. The Hall–Kier alpha value is -1.10. The third kappa shape index (κ3) is 7.23. The van der Waals surface area contributed by atoms with Gasteiger partial charge in [0.2, 0.25) is 5.91 Å². The van der Waals surface area contributed by atoms with Crippen LogP contribution < -0.4 is 0 Å². The maximum Gasteiger partial charge on any atom is 0.305 e. The van der Waals surface area contributed by atoms with Crippen molar-refractivity contribution in [2.75, 3.05) is 26.3 Å². The van der Waals surface area contributed by atoms with Gasteiger partial charge in [-0.1, -0.05) is 6.92 Å². The van der Waals surface area contributed by atoms with E-state index in [1.807, 2.05) is 13.8 Å². The molecule has 0 aliphatic rings. The van der Waals surface area contributed by atoms with Gasteiger partial charge in [-0.25, -0.2) is 0 Å². The van der Waals surface area contributed by atoms with Gasteiger partial charge in [0, 0.05) is 19.7 Å². The lowest BCUT2D eigenvalue weighted by Gasteiger charge is -2.19. The second-order valence-electron chi connectivity index (χ2n) is 3.48. The third-order valence-corrected chi connectivity index (χ3v) is 2.14. The molecule has 5 heteroatoms. The van der Waals surface area contributed by atoms with E-state index in [1.165, 1.54) is 0 Å². The molecule has 0 radical (unpaired) electrons. The fourth-order valence-electron chi connectivity index (χ4n) is 1.25. The van der Waals surface area contributed by atoms with Crippen molar-refractivity contribution >= 4 is 11.9 Å². The van der Waals surface area contributed by atoms with E-state index < -0.39 is 5.97 Å². The number of hydrogen-bond acceptors (Lipinski definition) is 3. The molecule has 94 valence electrons. The molecule has 1 N–H and O–H groups in total. The van der Waals surface area contributed by atoms with Crippen LogP contribution in [0.2, 0.25) is 0 Å². The first kappa shape index (κ1) is 14.9. The SMILES string of the molecule is CCCOCCC(=O)N(CC)CCC(=O)O. The van der Waals surface area contributed by atoms with Crippen LogP contribution in [0.5, 0.6) is 0 Å². The largest absolute Gasteiger partial charge is 0.481 e. The summed E-state index contributed by atoms with van der Waals surface area (Å²) in [6, 6.07) is 0. The maximum absolute atomic E-state index is 11.6. The number of rotatable bonds is 9. The lowest BCUT2D eigenvalue weighted by Crippen LogP contribution is -2.33. The minimum absolute atomic E-state index is 0.00457. The van der Waals surface area contributed by atoms with Crippen molar-refractivity contribution in [3.63, 3.8) is 0 Å². The Kier molecular flexibility index (Phi) is 8.52. The molecule has 1 amide bonds. The van der Waals surface area contributed by atoms with Crippen LogP contribution in [0.15, 0.2) is 0 Å². The Morgan fingerprint density at radius 3 is 2.38 bits per heavy atom. The summed E-state index contributed by atoms with van der Waals surface area (Å²) in [5.74, 6) is -0.923. The van der Waals surface area contributed by atoms with Gasteiger partial charge in [0.25, 0.3) is 0 Å². The minimum Gasteiger partial charge on any atom is -0.481 e. The van der Waals surface area contributed by atoms with Crippen molar-refractivity contribution in [3.05, 3.63) is 0 Å². The monoisotopic (exact) mass is 231 g/mol. The molecule has 0 aromatic carbocycles. The Morgan fingerprint density at radius 1 is 1.19 bits per heavy atom. The highest BCUT2D eigenvalue weighted by Crippen LogP contribution is 1.97. The summed E-state index contributed by atoms with van der Waals surface area (Å²) in [4.78, 5) is 23.5. The molecule has 0 bridgehead atoms. The van der Waals surface area contributed by atoms with Gasteiger partial charge < -0.3 is 14.7 Å². The predicted molar refractivity (Wildman–Crippen MR) is 60.2 cm³/mol. The average molecular weight is 231 g/mol. The molecule has 0 unspecified atom stereocenters. The quantitative estimate of drug-likeness (QED) is 0.604. The van der Waals surface area contributed by atoms with E-state index in [0.717, 1.165) is 6.42 Å². The Bertz CT molecular complexity index is 218. The number of carboxylic acids is 1. The first-order valence-electron chi connectivity index (χ1n) is 5.69. The molecule has 0 rings (SSSR count). The van der Waals surface area contributed by atoms with Gasteiger partial charge in [0.05, 0.1) is 19.4 Å². The number of amides is 1. The summed E-state index contributed by atoms with van der Waals surface area (Å²) in [5, 5.41) is 8.52. The van der Waals surface area contributed by atoms with Crippen LogP contribution in [-0.4, -0.2) is 48.2 Å². The van der Waals surface area contributed by atoms with Gasteiger partial charge in [-0.2, -0.15) is 0 Å². The Labute approximate surface area is 96.4 Å². The molecule has 0 fully saturated rings. The zero-order valence-corrected chi connectivity index (χ0v) is 10.1. The molecule has 16 heavy (non-hydrogen) atoms. The topological polar surface area (TPSA) is 66.8 Å². The second kappa shape index (κ2) is 9.15. The van der Waals surface area contributed by atoms with Crippen LogP contribution >= 0.6 is 0 Å². The fourth-order valence-corrected chi connectivity index (χ4v) is 1.25. The van der Waals surface area contributed by atoms with E-state index in [4.69, 9.17) is 9.84 Å². The predicted octanol–water partition coefficient (Wildman–Crippen LogP) is 1.13. The van der Waals surface area contributed by atoms with Crippen molar-refractivity contribution in [1.29, 1.82) is 0 Å². The van der Waals surface area contributed by atoms with Crippen LogP contribution in [0.1, 0.15) is 33.1 Å². The number of carboxylic acid groups (broad SMARTS) is 1. The molecular formula is C11H21NO4. The van der Waals surface area contributed by atoms with Crippen molar-refractivity contribution in [2.24, 2.45) is 0 Å². The van der Waals surface area contributed by atoms with E-state index in [2.05, 4.69) is 0 Å². The van der Waals surface area contributed by atoms with Gasteiger partial charge >= 0.3 is 5.97 Å². The average Bonchev–Trinajstić information content (AvgIpc) is 2.25. The van der Waals surface area contributed by atoms with E-state index in [1.54, 1.807) is 4.90 Å². The molecule has 0 atom stereocenters. The third-order valence-electron chi connectivity index (χ3n) is 2.14. The van der Waals surface area contributed by atoms with Gasteiger partial charge in [-0.15, -0.1) is 0 Å². The second-order valence-corrected chi connectivity index (χ2v) is 3.48.